The van der Waals surface area contributed by atoms with Crippen LogP contribution in [0.2, 0.25) is 0 Å². The van der Waals surface area contributed by atoms with E-state index in [1.807, 2.05) is 41.5 Å². The Hall–Kier alpha value is -1.54. The average Bonchev–Trinajstić information content (AvgIpc) is 2.57. The minimum absolute atomic E-state index is 0.212. The predicted molar refractivity (Wildman–Crippen MR) is 119 cm³/mol. The first-order valence-electron chi connectivity index (χ1n) is 11.1. The lowest BCUT2D eigenvalue weighted by atomic mass is 9.95. The summed E-state index contributed by atoms with van der Waals surface area (Å²) in [5, 5.41) is 0. The van der Waals surface area contributed by atoms with Gasteiger partial charge >= 0.3 is 12.2 Å². The summed E-state index contributed by atoms with van der Waals surface area (Å²) in [6.07, 6.45) is 1.28. The molecule has 0 bridgehead atoms. The molecule has 4 N–H and O–H groups in total. The van der Waals surface area contributed by atoms with Crippen LogP contribution >= 0.6 is 0 Å². The molecule has 2 saturated heterocycles. The Labute approximate surface area is 182 Å². The molecule has 0 saturated carbocycles. The molecular weight excluding hydrogens is 384 g/mol. The van der Waals surface area contributed by atoms with E-state index in [2.05, 4.69) is 13.8 Å². The second-order valence-electron chi connectivity index (χ2n) is 10.7. The molecule has 0 radical (unpaired) electrons. The fraction of sp³-hybridized carbons (Fsp3) is 0.909. The zero-order chi connectivity index (χ0) is 23.3. The highest BCUT2D eigenvalue weighted by atomic mass is 16.6. The summed E-state index contributed by atoms with van der Waals surface area (Å²) >= 11 is 0. The van der Waals surface area contributed by atoms with Gasteiger partial charge in [0.25, 0.3) is 0 Å². The Morgan fingerprint density at radius 2 is 1.03 bits per heavy atom. The third-order valence-corrected chi connectivity index (χ3v) is 5.25. The summed E-state index contributed by atoms with van der Waals surface area (Å²) in [4.78, 5) is 27.0. The minimum atomic E-state index is -0.417. The van der Waals surface area contributed by atoms with E-state index in [9.17, 15) is 9.59 Å². The van der Waals surface area contributed by atoms with Crippen LogP contribution in [-0.4, -0.2) is 71.5 Å². The van der Waals surface area contributed by atoms with E-state index >= 15 is 0 Å². The van der Waals surface area contributed by atoms with Crippen molar-refractivity contribution in [2.75, 3.05) is 26.2 Å². The number of amides is 2. The molecule has 2 aliphatic heterocycles. The van der Waals surface area contributed by atoms with Crippen molar-refractivity contribution in [3.8, 4) is 0 Å². The van der Waals surface area contributed by atoms with E-state index in [-0.39, 0.29) is 24.3 Å². The van der Waals surface area contributed by atoms with Gasteiger partial charge in [-0.1, -0.05) is 13.8 Å². The highest BCUT2D eigenvalue weighted by molar-refractivity contribution is 5.68. The third-order valence-electron chi connectivity index (χ3n) is 5.25. The van der Waals surface area contributed by atoms with Gasteiger partial charge in [-0.15, -0.1) is 0 Å². The maximum atomic E-state index is 11.7. The van der Waals surface area contributed by atoms with E-state index in [0.29, 0.717) is 38.0 Å². The zero-order valence-corrected chi connectivity index (χ0v) is 20.2. The Morgan fingerprint density at radius 3 is 1.27 bits per heavy atom. The molecule has 2 aliphatic rings. The first-order chi connectivity index (χ1) is 13.6. The normalized spacial score (nSPS) is 27.7. The van der Waals surface area contributed by atoms with Gasteiger partial charge < -0.3 is 30.7 Å². The second-order valence-corrected chi connectivity index (χ2v) is 10.7. The van der Waals surface area contributed by atoms with Crippen LogP contribution in [0.4, 0.5) is 9.59 Å². The van der Waals surface area contributed by atoms with E-state index in [4.69, 9.17) is 20.9 Å². The summed E-state index contributed by atoms with van der Waals surface area (Å²) < 4.78 is 10.6. The highest BCUT2D eigenvalue weighted by Gasteiger charge is 2.30. The molecule has 2 heterocycles. The molecule has 0 aromatic rings. The lowest BCUT2D eigenvalue weighted by Crippen LogP contribution is -2.49. The number of hydrogen-bond donors (Lipinski definition) is 2. The average molecular weight is 429 g/mol. The summed E-state index contributed by atoms with van der Waals surface area (Å²) in [6, 6.07) is 0.423. The van der Waals surface area contributed by atoms with Gasteiger partial charge in [-0.05, 0) is 66.2 Å². The predicted octanol–water partition coefficient (Wildman–Crippen LogP) is 3.18. The number of carbonyl (C=O) groups is 2. The van der Waals surface area contributed by atoms with E-state index in [1.54, 1.807) is 9.80 Å². The van der Waals surface area contributed by atoms with Crippen LogP contribution in [0, 0.1) is 11.8 Å². The van der Waals surface area contributed by atoms with Crippen LogP contribution in [0.15, 0.2) is 0 Å². The molecule has 176 valence electrons. The lowest BCUT2D eigenvalue weighted by molar-refractivity contribution is 0.0148. The first-order valence-corrected chi connectivity index (χ1v) is 11.1. The van der Waals surface area contributed by atoms with Crippen LogP contribution in [-0.2, 0) is 9.47 Å². The third kappa shape index (κ3) is 9.51. The molecule has 0 unspecified atom stereocenters. The number of ether oxygens (including phenoxy) is 2. The van der Waals surface area contributed by atoms with Crippen LogP contribution in [0.5, 0.6) is 0 Å². The van der Waals surface area contributed by atoms with Crippen LogP contribution in [0.25, 0.3) is 0 Å². The first kappa shape index (κ1) is 26.5. The Balaban J connectivity index is 0.000000300. The number of carbonyl (C=O) groups excluding carboxylic acids is 2. The van der Waals surface area contributed by atoms with Crippen LogP contribution in [0.3, 0.4) is 0 Å². The molecule has 0 aromatic carbocycles. The zero-order valence-electron chi connectivity index (χ0n) is 20.2. The SMILES string of the molecule is C[C@@H]1CN(C(=O)OC(C)(C)C)CC[C@@H]1N.C[C@H]1CN(C(=O)OC(C)(C)C)CC[C@H]1N. The van der Waals surface area contributed by atoms with E-state index < -0.39 is 11.2 Å². The molecule has 4 atom stereocenters. The monoisotopic (exact) mass is 428 g/mol. The number of piperidine rings is 2. The van der Waals surface area contributed by atoms with Gasteiger partial charge in [0.15, 0.2) is 0 Å². The molecule has 2 amide bonds. The van der Waals surface area contributed by atoms with Gasteiger partial charge in [0.1, 0.15) is 11.2 Å². The fourth-order valence-electron chi connectivity index (χ4n) is 3.31. The van der Waals surface area contributed by atoms with Crippen molar-refractivity contribution in [2.24, 2.45) is 23.3 Å². The standard InChI is InChI=1S/2C11H22N2O2/c2*1-8-7-13(6-5-9(8)12)10(14)15-11(2,3)4/h2*8-9H,5-7,12H2,1-4H3/t2*8-,9+/m10/s1. The molecule has 8 heteroatoms. The van der Waals surface area contributed by atoms with Crippen molar-refractivity contribution in [1.29, 1.82) is 0 Å². The number of hydrogen-bond acceptors (Lipinski definition) is 6. The van der Waals surface area contributed by atoms with E-state index in [0.717, 1.165) is 12.8 Å². The van der Waals surface area contributed by atoms with Crippen LogP contribution in [0.1, 0.15) is 68.2 Å². The minimum Gasteiger partial charge on any atom is -0.444 e. The molecule has 0 spiro atoms. The smallest absolute Gasteiger partial charge is 0.410 e. The van der Waals surface area contributed by atoms with Crippen molar-refractivity contribution in [1.82, 2.24) is 9.80 Å². The number of likely N-dealkylation sites (tertiary alicyclic amines) is 2. The Morgan fingerprint density at radius 1 is 0.733 bits per heavy atom. The summed E-state index contributed by atoms with van der Waals surface area (Å²) in [5.74, 6) is 0.706. The van der Waals surface area contributed by atoms with Crippen LogP contribution < -0.4 is 11.5 Å². The lowest BCUT2D eigenvalue weighted by Gasteiger charge is -2.35. The maximum Gasteiger partial charge on any atom is 0.410 e. The molecule has 0 aromatic heterocycles. The van der Waals surface area contributed by atoms with Gasteiger partial charge in [-0.3, -0.25) is 0 Å². The van der Waals surface area contributed by atoms with E-state index in [1.165, 1.54) is 0 Å². The van der Waals surface area contributed by atoms with Crippen molar-refractivity contribution >= 4 is 12.2 Å². The van der Waals surface area contributed by atoms with Gasteiger partial charge in [-0.2, -0.15) is 0 Å². The summed E-state index contributed by atoms with van der Waals surface area (Å²) in [5.41, 5.74) is 10.9. The molecule has 2 fully saturated rings. The largest absolute Gasteiger partial charge is 0.444 e. The maximum absolute atomic E-state index is 11.7. The van der Waals surface area contributed by atoms with Crippen molar-refractivity contribution < 1.29 is 19.1 Å². The summed E-state index contributed by atoms with van der Waals surface area (Å²) in [7, 11) is 0. The van der Waals surface area contributed by atoms with Gasteiger partial charge in [0, 0.05) is 38.3 Å². The molecule has 30 heavy (non-hydrogen) atoms. The van der Waals surface area contributed by atoms with Gasteiger partial charge in [0.05, 0.1) is 0 Å². The van der Waals surface area contributed by atoms with Gasteiger partial charge in [-0.25, -0.2) is 9.59 Å². The highest BCUT2D eigenvalue weighted by Crippen LogP contribution is 2.19. The molecular formula is C22H44N4O4. The van der Waals surface area contributed by atoms with Crippen molar-refractivity contribution in [3.05, 3.63) is 0 Å². The number of rotatable bonds is 0. The van der Waals surface area contributed by atoms with Crippen molar-refractivity contribution in [2.45, 2.75) is 91.5 Å². The molecule has 0 aliphatic carbocycles. The molecule has 2 rings (SSSR count). The quantitative estimate of drug-likeness (QED) is 0.613. The topological polar surface area (TPSA) is 111 Å². The Bertz CT molecular complexity index is 520. The fourth-order valence-corrected chi connectivity index (χ4v) is 3.31. The number of nitrogens with zero attached hydrogens (tertiary/aromatic N) is 2. The van der Waals surface area contributed by atoms with Gasteiger partial charge in [0.2, 0.25) is 0 Å². The second kappa shape index (κ2) is 10.7. The molecule has 8 nitrogen and oxygen atoms in total. The Kier molecular flexibility index (Phi) is 9.42. The van der Waals surface area contributed by atoms with Crippen molar-refractivity contribution in [3.63, 3.8) is 0 Å². The summed E-state index contributed by atoms with van der Waals surface area (Å²) in [6.45, 7) is 18.2. The number of nitrogens with two attached hydrogens (primary N) is 2.